The highest BCUT2D eigenvalue weighted by molar-refractivity contribution is 7.86. The molecule has 2 bridgehead atoms. The van der Waals surface area contributed by atoms with Gasteiger partial charge in [0.1, 0.15) is 11.9 Å². The van der Waals surface area contributed by atoms with Gasteiger partial charge in [-0.2, -0.15) is 8.42 Å². The Morgan fingerprint density at radius 3 is 2.42 bits per heavy atom. The molecule has 1 aromatic rings. The van der Waals surface area contributed by atoms with Crippen molar-refractivity contribution in [2.24, 2.45) is 34.0 Å². The van der Waals surface area contributed by atoms with E-state index in [1.54, 1.807) is 12.1 Å². The van der Waals surface area contributed by atoms with Crippen molar-refractivity contribution in [3.63, 3.8) is 0 Å². The van der Waals surface area contributed by atoms with Gasteiger partial charge in [-0.3, -0.25) is 8.98 Å². The number of Topliss-reactive ketones (excluding diaryl/α,β-unsaturated/α-hetero) is 1. The molecule has 3 fully saturated rings. The highest BCUT2D eigenvalue weighted by atomic mass is 32.2. The van der Waals surface area contributed by atoms with E-state index < -0.39 is 57.1 Å². The second kappa shape index (κ2) is 10.3. The molecule has 1 unspecified atom stereocenters. The fourth-order valence-electron chi connectivity index (χ4n) is 7.94. The van der Waals surface area contributed by atoms with Crippen LogP contribution in [0.3, 0.4) is 0 Å². The lowest BCUT2D eigenvalue weighted by atomic mass is 9.43. The minimum Gasteiger partial charge on any atom is -0.460 e. The molecule has 3 aliphatic carbocycles. The Hall–Kier alpha value is -1.81. The third kappa shape index (κ3) is 4.53. The van der Waals surface area contributed by atoms with Crippen molar-refractivity contribution in [3.05, 3.63) is 29.8 Å². The van der Waals surface area contributed by atoms with Crippen LogP contribution in [0.2, 0.25) is 0 Å². The molecule has 8 nitrogen and oxygen atoms in total. The predicted molar refractivity (Wildman–Crippen MR) is 140 cm³/mol. The van der Waals surface area contributed by atoms with Crippen molar-refractivity contribution in [1.82, 2.24) is 0 Å². The Balaban J connectivity index is 1.67. The highest BCUT2D eigenvalue weighted by Crippen LogP contribution is 2.68. The van der Waals surface area contributed by atoms with Crippen LogP contribution >= 0.6 is 0 Å². The molecule has 2 N–H and O–H groups in total. The van der Waals surface area contributed by atoms with E-state index in [1.165, 1.54) is 12.1 Å². The van der Waals surface area contributed by atoms with E-state index in [4.69, 9.17) is 8.92 Å². The molecule has 0 saturated heterocycles. The molecule has 212 valence electrons. The van der Waals surface area contributed by atoms with E-state index in [2.05, 4.69) is 6.92 Å². The van der Waals surface area contributed by atoms with E-state index in [0.717, 1.165) is 18.4 Å². The average Bonchev–Trinajstić information content (AvgIpc) is 3.25. The number of ether oxygens (including phenoxy) is 1. The summed E-state index contributed by atoms with van der Waals surface area (Å²) >= 11 is 0. The van der Waals surface area contributed by atoms with E-state index in [-0.39, 0.29) is 35.5 Å². The molecule has 0 amide bonds. The number of benzene rings is 1. The Bertz CT molecular complexity index is 1160. The summed E-state index contributed by atoms with van der Waals surface area (Å²) in [5.41, 5.74) is -1.22. The van der Waals surface area contributed by atoms with Crippen LogP contribution in [0.1, 0.15) is 71.8 Å². The molecule has 1 aromatic carbocycles. The van der Waals surface area contributed by atoms with Gasteiger partial charge in [-0.05, 0) is 68.4 Å². The van der Waals surface area contributed by atoms with Gasteiger partial charge in [-0.15, -0.1) is 0 Å². The molecule has 3 aliphatic rings. The second-order valence-electron chi connectivity index (χ2n) is 12.3. The van der Waals surface area contributed by atoms with Gasteiger partial charge in [-0.1, -0.05) is 45.4 Å². The minimum absolute atomic E-state index is 0.0355. The number of aryl methyl sites for hydroxylation is 1. The first-order valence-electron chi connectivity index (χ1n) is 13.7. The molecule has 0 heterocycles. The number of esters is 1. The molecule has 0 spiro atoms. The molecule has 0 aromatic heterocycles. The number of hydrogen-bond acceptors (Lipinski definition) is 8. The van der Waals surface area contributed by atoms with Crippen molar-refractivity contribution >= 4 is 21.9 Å². The van der Waals surface area contributed by atoms with E-state index in [9.17, 15) is 28.2 Å². The van der Waals surface area contributed by atoms with Gasteiger partial charge in [0, 0.05) is 23.2 Å². The van der Waals surface area contributed by atoms with E-state index >= 15 is 0 Å². The average molecular weight is 551 g/mol. The van der Waals surface area contributed by atoms with Crippen LogP contribution < -0.4 is 0 Å². The molecule has 38 heavy (non-hydrogen) atoms. The number of carbonyl (C=O) groups excluding carboxylic acids is 2. The summed E-state index contributed by atoms with van der Waals surface area (Å²) in [6.45, 7) is 8.72. The van der Waals surface area contributed by atoms with Crippen molar-refractivity contribution in [2.45, 2.75) is 90.2 Å². The van der Waals surface area contributed by atoms with Crippen molar-refractivity contribution < 1.29 is 37.1 Å². The van der Waals surface area contributed by atoms with Gasteiger partial charge in [-0.25, -0.2) is 4.79 Å². The van der Waals surface area contributed by atoms with Gasteiger partial charge in [0.25, 0.3) is 10.1 Å². The summed E-state index contributed by atoms with van der Waals surface area (Å²) in [6.07, 6.45) is 1.63. The summed E-state index contributed by atoms with van der Waals surface area (Å²) in [6, 6.07) is 6.12. The van der Waals surface area contributed by atoms with Crippen LogP contribution in [0.4, 0.5) is 0 Å². The maximum absolute atomic E-state index is 13.5. The Morgan fingerprint density at radius 2 is 1.82 bits per heavy atom. The molecule has 3 saturated carbocycles. The lowest BCUT2D eigenvalue weighted by molar-refractivity contribution is -0.219. The first-order valence-corrected chi connectivity index (χ1v) is 15.2. The number of aliphatic hydroxyl groups excluding tert-OH is 2. The topological polar surface area (TPSA) is 127 Å². The van der Waals surface area contributed by atoms with Gasteiger partial charge >= 0.3 is 5.97 Å². The maximum Gasteiger partial charge on any atom is 0.333 e. The molecule has 0 aliphatic heterocycles. The SMILES string of the molecule is CC[C@]1(CO)C[C@@H](OC(=O)COS(=O)(=O)c2ccc(C)cc2)[C@@]2(C)C3C(=O)CC[C@@]3(CC[C@H]2C)[C@@H](C)[C@@H]1O. The Labute approximate surface area is 226 Å². The van der Waals surface area contributed by atoms with Crippen molar-refractivity contribution in [1.29, 1.82) is 0 Å². The minimum atomic E-state index is -4.18. The Kier molecular flexibility index (Phi) is 7.91. The zero-order valence-electron chi connectivity index (χ0n) is 23.1. The zero-order chi connectivity index (χ0) is 28.1. The van der Waals surface area contributed by atoms with Crippen molar-refractivity contribution in [3.8, 4) is 0 Å². The molecule has 9 heteroatoms. The lowest BCUT2D eigenvalue weighted by Gasteiger charge is -2.62. The summed E-state index contributed by atoms with van der Waals surface area (Å²) in [7, 11) is -4.18. The Morgan fingerprint density at radius 1 is 1.16 bits per heavy atom. The number of carbonyl (C=O) groups is 2. The fraction of sp³-hybridized carbons (Fsp3) is 0.724. The number of ketones is 1. The van der Waals surface area contributed by atoms with E-state index in [1.807, 2.05) is 27.7 Å². The first kappa shape index (κ1) is 29.2. The highest BCUT2D eigenvalue weighted by Gasteiger charge is 2.68. The van der Waals surface area contributed by atoms with Crippen LogP contribution in [0.15, 0.2) is 29.2 Å². The zero-order valence-corrected chi connectivity index (χ0v) is 23.9. The molecular formula is C29H42O8S. The third-order valence-corrected chi connectivity index (χ3v) is 12.0. The predicted octanol–water partition coefficient (Wildman–Crippen LogP) is 3.80. The number of hydrogen-bond donors (Lipinski definition) is 2. The summed E-state index contributed by atoms with van der Waals surface area (Å²) in [4.78, 5) is 26.6. The monoisotopic (exact) mass is 550 g/mol. The van der Waals surface area contributed by atoms with Crippen LogP contribution in [0, 0.1) is 40.9 Å². The smallest absolute Gasteiger partial charge is 0.333 e. The summed E-state index contributed by atoms with van der Waals surface area (Å²) in [5.74, 6) is -1.30. The summed E-state index contributed by atoms with van der Waals surface area (Å²) < 4.78 is 36.4. The van der Waals surface area contributed by atoms with Gasteiger partial charge in [0.2, 0.25) is 0 Å². The normalized spacial score (nSPS) is 39.2. The second-order valence-corrected chi connectivity index (χ2v) is 13.9. The van der Waals surface area contributed by atoms with Gasteiger partial charge < -0.3 is 14.9 Å². The molecule has 8 atom stereocenters. The van der Waals surface area contributed by atoms with Gasteiger partial charge in [0.15, 0.2) is 6.61 Å². The van der Waals surface area contributed by atoms with Crippen LogP contribution in [0.5, 0.6) is 0 Å². The maximum atomic E-state index is 13.5. The lowest BCUT2D eigenvalue weighted by Crippen LogP contribution is -2.64. The number of rotatable bonds is 7. The molecule has 0 radical (unpaired) electrons. The van der Waals surface area contributed by atoms with Crippen LogP contribution in [0.25, 0.3) is 0 Å². The fourth-order valence-corrected chi connectivity index (χ4v) is 8.80. The quantitative estimate of drug-likeness (QED) is 0.388. The molecular weight excluding hydrogens is 508 g/mol. The number of aliphatic hydroxyl groups is 2. The molecule has 4 rings (SSSR count). The standard InChI is InChI=1S/C29H42O8S/c1-6-28(17-30)15-23(37-24(32)16-36-38(34,35)21-9-7-18(2)8-10-21)27(5)19(3)11-13-29(20(4)26(28)33)14-12-22(31)25(27)29/h7-10,19-20,23,25-26,30,33H,6,11-17H2,1-5H3/t19-,20+,23-,25?,26+,27+,28-,29+/m1/s1. The summed E-state index contributed by atoms with van der Waals surface area (Å²) in [5, 5.41) is 22.3. The first-order chi connectivity index (χ1) is 17.8. The van der Waals surface area contributed by atoms with E-state index in [0.29, 0.717) is 19.3 Å². The van der Waals surface area contributed by atoms with Crippen molar-refractivity contribution in [2.75, 3.05) is 13.2 Å². The largest absolute Gasteiger partial charge is 0.460 e. The van der Waals surface area contributed by atoms with Crippen LogP contribution in [-0.2, 0) is 28.6 Å². The van der Waals surface area contributed by atoms with Gasteiger partial charge in [0.05, 0.1) is 17.6 Å². The third-order valence-electron chi connectivity index (χ3n) is 10.7. The van der Waals surface area contributed by atoms with Crippen LogP contribution in [-0.4, -0.2) is 55.8 Å².